The van der Waals surface area contributed by atoms with Gasteiger partial charge in [-0.15, -0.1) is 0 Å². The summed E-state index contributed by atoms with van der Waals surface area (Å²) in [4.78, 5) is 0. The molecule has 0 unspecified atom stereocenters. The van der Waals surface area contributed by atoms with E-state index in [2.05, 4.69) is 5.32 Å². The van der Waals surface area contributed by atoms with Crippen molar-refractivity contribution < 1.29 is 17.5 Å². The Kier molecular flexibility index (Phi) is 5.06. The lowest BCUT2D eigenvalue weighted by molar-refractivity contribution is 0.381. The standard InChI is InChI=1S/C8H12N2.H2O4S/c1-6-5-7(9)3-4-8(6)10-2;1-5(2,3)4/h3-5,10H,9H2,1-2H3;(H2,1,2,3,4). The second kappa shape index (κ2) is 5.54. The maximum absolute atomic E-state index is 8.74. The Morgan fingerprint density at radius 2 is 1.80 bits per heavy atom. The minimum Gasteiger partial charge on any atom is -0.399 e. The highest BCUT2D eigenvalue weighted by Gasteiger charge is 1.93. The summed E-state index contributed by atoms with van der Waals surface area (Å²) in [6, 6.07) is 5.81. The van der Waals surface area contributed by atoms with Crippen LogP contribution in [0.25, 0.3) is 0 Å². The molecule has 0 aliphatic rings. The van der Waals surface area contributed by atoms with E-state index in [1.165, 1.54) is 5.56 Å². The van der Waals surface area contributed by atoms with Crippen molar-refractivity contribution in [3.05, 3.63) is 23.8 Å². The number of nitrogens with one attached hydrogen (secondary N) is 1. The number of anilines is 2. The Bertz CT molecular complexity index is 409. The van der Waals surface area contributed by atoms with Crippen molar-refractivity contribution in [2.45, 2.75) is 6.92 Å². The van der Waals surface area contributed by atoms with Crippen molar-refractivity contribution in [3.63, 3.8) is 0 Å². The van der Waals surface area contributed by atoms with Crippen LogP contribution in [0.4, 0.5) is 11.4 Å². The van der Waals surface area contributed by atoms with Gasteiger partial charge < -0.3 is 11.1 Å². The summed E-state index contributed by atoms with van der Waals surface area (Å²) in [7, 11) is -2.77. The molecule has 0 aliphatic heterocycles. The maximum Gasteiger partial charge on any atom is 0.394 e. The second-order valence-electron chi connectivity index (χ2n) is 2.77. The van der Waals surface area contributed by atoms with E-state index in [0.717, 1.165) is 11.4 Å². The zero-order valence-electron chi connectivity index (χ0n) is 8.43. The molecule has 7 heteroatoms. The normalized spacial score (nSPS) is 10.1. The lowest BCUT2D eigenvalue weighted by Crippen LogP contribution is -1.92. The van der Waals surface area contributed by atoms with Gasteiger partial charge in [0.1, 0.15) is 0 Å². The first kappa shape index (κ1) is 13.7. The SMILES string of the molecule is CNc1ccc(N)cc1C.O=S(=O)(O)O. The highest BCUT2D eigenvalue weighted by atomic mass is 32.3. The molecule has 0 amide bonds. The van der Waals surface area contributed by atoms with Gasteiger partial charge in [-0.2, -0.15) is 8.42 Å². The number of hydrogen-bond donors (Lipinski definition) is 4. The number of nitrogens with two attached hydrogens (primary N) is 1. The van der Waals surface area contributed by atoms with Crippen LogP contribution >= 0.6 is 0 Å². The van der Waals surface area contributed by atoms with Gasteiger partial charge in [0.2, 0.25) is 0 Å². The third kappa shape index (κ3) is 7.74. The molecule has 5 N–H and O–H groups in total. The van der Waals surface area contributed by atoms with Crippen LogP contribution in [-0.2, 0) is 10.4 Å². The predicted molar refractivity (Wildman–Crippen MR) is 59.3 cm³/mol. The quantitative estimate of drug-likeness (QED) is 0.425. The van der Waals surface area contributed by atoms with Gasteiger partial charge in [-0.3, -0.25) is 9.11 Å². The fourth-order valence-electron chi connectivity index (χ4n) is 0.967. The van der Waals surface area contributed by atoms with Gasteiger partial charge in [0.25, 0.3) is 0 Å². The average molecular weight is 234 g/mol. The fourth-order valence-corrected chi connectivity index (χ4v) is 0.967. The Morgan fingerprint density at radius 1 is 1.33 bits per heavy atom. The molecular weight excluding hydrogens is 220 g/mol. The molecule has 1 aromatic carbocycles. The third-order valence-corrected chi connectivity index (χ3v) is 1.52. The summed E-state index contributed by atoms with van der Waals surface area (Å²) in [5.41, 5.74) is 8.69. The molecule has 15 heavy (non-hydrogen) atoms. The zero-order valence-corrected chi connectivity index (χ0v) is 9.25. The summed E-state index contributed by atoms with van der Waals surface area (Å²) in [5.74, 6) is 0. The van der Waals surface area contributed by atoms with E-state index >= 15 is 0 Å². The minimum absolute atomic E-state index is 0.816. The molecule has 0 spiro atoms. The number of hydrogen-bond acceptors (Lipinski definition) is 4. The van der Waals surface area contributed by atoms with Crippen LogP contribution in [-0.4, -0.2) is 24.6 Å². The van der Waals surface area contributed by atoms with Gasteiger partial charge in [0.05, 0.1) is 0 Å². The minimum atomic E-state index is -4.67. The maximum atomic E-state index is 8.74. The van der Waals surface area contributed by atoms with Crippen LogP contribution in [0.5, 0.6) is 0 Å². The summed E-state index contributed by atoms with van der Waals surface area (Å²) < 4.78 is 31.6. The molecule has 0 aliphatic carbocycles. The molecule has 0 radical (unpaired) electrons. The van der Waals surface area contributed by atoms with Crippen molar-refractivity contribution in [1.29, 1.82) is 0 Å². The first-order valence-corrected chi connectivity index (χ1v) is 5.37. The molecule has 1 rings (SSSR count). The van der Waals surface area contributed by atoms with Crippen molar-refractivity contribution in [2.75, 3.05) is 18.1 Å². The number of nitrogen functional groups attached to an aromatic ring is 1. The van der Waals surface area contributed by atoms with Crippen LogP contribution in [0.1, 0.15) is 5.56 Å². The molecular formula is C8H14N2O4S. The van der Waals surface area contributed by atoms with Crippen LogP contribution in [0, 0.1) is 6.92 Å². The van der Waals surface area contributed by atoms with Crippen LogP contribution < -0.4 is 11.1 Å². The van der Waals surface area contributed by atoms with Crippen LogP contribution in [0.3, 0.4) is 0 Å². The third-order valence-electron chi connectivity index (χ3n) is 1.52. The average Bonchev–Trinajstić information content (AvgIpc) is 2.01. The highest BCUT2D eigenvalue weighted by molar-refractivity contribution is 7.79. The van der Waals surface area contributed by atoms with E-state index in [-0.39, 0.29) is 0 Å². The first-order chi connectivity index (χ1) is 6.74. The van der Waals surface area contributed by atoms with Gasteiger partial charge in [-0.1, -0.05) is 0 Å². The largest absolute Gasteiger partial charge is 0.399 e. The Morgan fingerprint density at radius 3 is 2.13 bits per heavy atom. The topological polar surface area (TPSA) is 113 Å². The lowest BCUT2D eigenvalue weighted by Gasteiger charge is -2.04. The van der Waals surface area contributed by atoms with E-state index in [0.29, 0.717) is 0 Å². The van der Waals surface area contributed by atoms with Crippen LogP contribution in [0.15, 0.2) is 18.2 Å². The summed E-state index contributed by atoms with van der Waals surface area (Å²) >= 11 is 0. The smallest absolute Gasteiger partial charge is 0.394 e. The molecule has 86 valence electrons. The molecule has 6 nitrogen and oxygen atoms in total. The van der Waals surface area contributed by atoms with E-state index in [1.54, 1.807) is 0 Å². The molecule has 0 saturated carbocycles. The second-order valence-corrected chi connectivity index (χ2v) is 3.67. The van der Waals surface area contributed by atoms with Gasteiger partial charge in [0.15, 0.2) is 0 Å². The molecule has 0 atom stereocenters. The lowest BCUT2D eigenvalue weighted by atomic mass is 10.2. The van der Waals surface area contributed by atoms with Crippen molar-refractivity contribution in [2.24, 2.45) is 0 Å². The molecule has 1 aromatic rings. The highest BCUT2D eigenvalue weighted by Crippen LogP contribution is 2.16. The summed E-state index contributed by atoms with van der Waals surface area (Å²) in [6.45, 7) is 2.03. The van der Waals surface area contributed by atoms with Gasteiger partial charge >= 0.3 is 10.4 Å². The molecule has 0 heterocycles. The Labute approximate surface area is 88.7 Å². The predicted octanol–water partition coefficient (Wildman–Crippen LogP) is 0.966. The Hall–Kier alpha value is -1.31. The van der Waals surface area contributed by atoms with E-state index in [4.69, 9.17) is 23.3 Å². The van der Waals surface area contributed by atoms with Crippen molar-refractivity contribution in [3.8, 4) is 0 Å². The van der Waals surface area contributed by atoms with Crippen molar-refractivity contribution >= 4 is 21.8 Å². The molecule has 0 fully saturated rings. The monoisotopic (exact) mass is 234 g/mol. The van der Waals surface area contributed by atoms with E-state index < -0.39 is 10.4 Å². The van der Waals surface area contributed by atoms with Gasteiger partial charge in [0, 0.05) is 18.4 Å². The van der Waals surface area contributed by atoms with E-state index in [1.807, 2.05) is 32.2 Å². The summed E-state index contributed by atoms with van der Waals surface area (Å²) in [5, 5.41) is 3.07. The first-order valence-electron chi connectivity index (χ1n) is 3.98. The van der Waals surface area contributed by atoms with Crippen molar-refractivity contribution in [1.82, 2.24) is 0 Å². The van der Waals surface area contributed by atoms with Gasteiger partial charge in [-0.05, 0) is 30.7 Å². The number of rotatable bonds is 1. The summed E-state index contributed by atoms with van der Waals surface area (Å²) in [6.07, 6.45) is 0. The van der Waals surface area contributed by atoms with Crippen LogP contribution in [0.2, 0.25) is 0 Å². The number of aryl methyl sites for hydroxylation is 1. The number of benzene rings is 1. The fraction of sp³-hybridized carbons (Fsp3) is 0.250. The molecule has 0 bridgehead atoms. The molecule has 0 saturated heterocycles. The Balaban J connectivity index is 0.000000336. The van der Waals surface area contributed by atoms with E-state index in [9.17, 15) is 0 Å². The van der Waals surface area contributed by atoms with Gasteiger partial charge in [-0.25, -0.2) is 0 Å². The zero-order chi connectivity index (χ0) is 12.1. The molecule has 0 aromatic heterocycles.